The van der Waals surface area contributed by atoms with Crippen LogP contribution in [0.3, 0.4) is 0 Å². The largest absolute Gasteiger partial charge is 0.371 e. The van der Waals surface area contributed by atoms with Gasteiger partial charge in [-0.15, -0.1) is 0 Å². The zero-order valence-corrected chi connectivity index (χ0v) is 12.3. The minimum absolute atomic E-state index is 0.182. The fraction of sp³-hybridized carbons (Fsp3) is 0.571. The van der Waals surface area contributed by atoms with Crippen LogP contribution in [0.2, 0.25) is 0 Å². The van der Waals surface area contributed by atoms with Crippen molar-refractivity contribution < 1.29 is 4.39 Å². The SMILES string of the molecule is CCCNC1CCN(c2ccc(Br)c(F)c2)CC1. The number of rotatable bonds is 4. The first-order valence-electron chi connectivity index (χ1n) is 6.64. The summed E-state index contributed by atoms with van der Waals surface area (Å²) in [5, 5.41) is 3.56. The van der Waals surface area contributed by atoms with Gasteiger partial charge in [0.15, 0.2) is 0 Å². The van der Waals surface area contributed by atoms with Crippen LogP contribution >= 0.6 is 15.9 Å². The molecule has 1 saturated heterocycles. The Morgan fingerprint density at radius 3 is 2.72 bits per heavy atom. The van der Waals surface area contributed by atoms with Crippen molar-refractivity contribution in [3.05, 3.63) is 28.5 Å². The minimum atomic E-state index is -0.182. The Balaban J connectivity index is 1.90. The summed E-state index contributed by atoms with van der Waals surface area (Å²) in [4.78, 5) is 2.26. The second kappa shape index (κ2) is 6.53. The molecule has 1 aromatic rings. The van der Waals surface area contributed by atoms with Crippen molar-refractivity contribution in [1.29, 1.82) is 0 Å². The molecule has 1 N–H and O–H groups in total. The molecule has 1 aliphatic rings. The van der Waals surface area contributed by atoms with Gasteiger partial charge in [0.05, 0.1) is 4.47 Å². The molecule has 0 bridgehead atoms. The van der Waals surface area contributed by atoms with E-state index < -0.39 is 0 Å². The molecule has 1 aliphatic heterocycles. The lowest BCUT2D eigenvalue weighted by molar-refractivity contribution is 0.415. The van der Waals surface area contributed by atoms with Crippen molar-refractivity contribution in [2.75, 3.05) is 24.5 Å². The first-order valence-corrected chi connectivity index (χ1v) is 7.43. The van der Waals surface area contributed by atoms with Gasteiger partial charge in [-0.1, -0.05) is 6.92 Å². The summed E-state index contributed by atoms with van der Waals surface area (Å²) in [5.74, 6) is -0.182. The Labute approximate surface area is 117 Å². The van der Waals surface area contributed by atoms with E-state index in [4.69, 9.17) is 0 Å². The van der Waals surface area contributed by atoms with E-state index >= 15 is 0 Å². The monoisotopic (exact) mass is 314 g/mol. The zero-order valence-electron chi connectivity index (χ0n) is 10.8. The van der Waals surface area contributed by atoms with Crippen LogP contribution in [0.5, 0.6) is 0 Å². The van der Waals surface area contributed by atoms with E-state index in [9.17, 15) is 4.39 Å². The molecule has 1 fully saturated rings. The van der Waals surface area contributed by atoms with E-state index in [1.165, 1.54) is 6.42 Å². The molecule has 0 unspecified atom stereocenters. The van der Waals surface area contributed by atoms with E-state index in [0.717, 1.165) is 38.2 Å². The van der Waals surface area contributed by atoms with Crippen LogP contribution in [0, 0.1) is 5.82 Å². The lowest BCUT2D eigenvalue weighted by Gasteiger charge is -2.34. The topological polar surface area (TPSA) is 15.3 Å². The number of hydrogen-bond acceptors (Lipinski definition) is 2. The Bertz CT molecular complexity index is 389. The number of halogens is 2. The Hall–Kier alpha value is -0.610. The van der Waals surface area contributed by atoms with Gasteiger partial charge >= 0.3 is 0 Å². The van der Waals surface area contributed by atoms with Gasteiger partial charge in [0.25, 0.3) is 0 Å². The minimum Gasteiger partial charge on any atom is -0.371 e. The normalized spacial score (nSPS) is 17.2. The average Bonchev–Trinajstić information content (AvgIpc) is 2.40. The van der Waals surface area contributed by atoms with Gasteiger partial charge < -0.3 is 10.2 Å². The van der Waals surface area contributed by atoms with E-state index in [2.05, 4.69) is 33.1 Å². The van der Waals surface area contributed by atoms with Crippen LogP contribution in [0.25, 0.3) is 0 Å². The van der Waals surface area contributed by atoms with Gasteiger partial charge in [-0.3, -0.25) is 0 Å². The maximum absolute atomic E-state index is 13.5. The lowest BCUT2D eigenvalue weighted by Crippen LogP contribution is -2.42. The van der Waals surface area contributed by atoms with E-state index in [-0.39, 0.29) is 5.82 Å². The summed E-state index contributed by atoms with van der Waals surface area (Å²) >= 11 is 3.19. The summed E-state index contributed by atoms with van der Waals surface area (Å²) < 4.78 is 14.0. The molecule has 100 valence electrons. The van der Waals surface area contributed by atoms with Crippen molar-refractivity contribution in [3.63, 3.8) is 0 Å². The second-order valence-corrected chi connectivity index (χ2v) is 5.67. The first-order chi connectivity index (χ1) is 8.70. The summed E-state index contributed by atoms with van der Waals surface area (Å²) in [5.41, 5.74) is 0.990. The van der Waals surface area contributed by atoms with E-state index in [1.807, 2.05) is 6.07 Å². The third-order valence-electron chi connectivity index (χ3n) is 3.45. The molecule has 0 radical (unpaired) electrons. The zero-order chi connectivity index (χ0) is 13.0. The predicted octanol–water partition coefficient (Wildman–Crippen LogP) is 3.56. The maximum Gasteiger partial charge on any atom is 0.139 e. The molecule has 0 atom stereocenters. The number of hydrogen-bond donors (Lipinski definition) is 1. The summed E-state index contributed by atoms with van der Waals surface area (Å²) in [6.45, 7) is 5.29. The van der Waals surface area contributed by atoms with Crippen LogP contribution in [0.1, 0.15) is 26.2 Å². The highest BCUT2D eigenvalue weighted by Crippen LogP contribution is 2.24. The highest BCUT2D eigenvalue weighted by Gasteiger charge is 2.19. The van der Waals surface area contributed by atoms with Crippen LogP contribution < -0.4 is 10.2 Å². The van der Waals surface area contributed by atoms with E-state index in [0.29, 0.717) is 10.5 Å². The standard InChI is InChI=1S/C14H20BrFN2/c1-2-7-17-11-5-8-18(9-6-11)12-3-4-13(15)14(16)10-12/h3-4,10-11,17H,2,5-9H2,1H3. The van der Waals surface area contributed by atoms with Crippen molar-refractivity contribution >= 4 is 21.6 Å². The highest BCUT2D eigenvalue weighted by atomic mass is 79.9. The Kier molecular flexibility index (Phi) is 5.01. The average molecular weight is 315 g/mol. The smallest absolute Gasteiger partial charge is 0.139 e. The molecular formula is C14H20BrFN2. The molecular weight excluding hydrogens is 295 g/mol. The fourth-order valence-electron chi connectivity index (χ4n) is 2.37. The van der Waals surface area contributed by atoms with Crippen molar-refractivity contribution in [2.24, 2.45) is 0 Å². The lowest BCUT2D eigenvalue weighted by atomic mass is 10.0. The molecule has 18 heavy (non-hydrogen) atoms. The maximum atomic E-state index is 13.5. The second-order valence-electron chi connectivity index (χ2n) is 4.81. The molecule has 1 aromatic carbocycles. The number of benzene rings is 1. The quantitative estimate of drug-likeness (QED) is 0.914. The highest BCUT2D eigenvalue weighted by molar-refractivity contribution is 9.10. The molecule has 2 rings (SSSR count). The van der Waals surface area contributed by atoms with Crippen LogP contribution in [0.4, 0.5) is 10.1 Å². The number of piperidine rings is 1. The van der Waals surface area contributed by atoms with Crippen molar-refractivity contribution in [2.45, 2.75) is 32.2 Å². The number of anilines is 1. The summed E-state index contributed by atoms with van der Waals surface area (Å²) in [7, 11) is 0. The van der Waals surface area contributed by atoms with Crippen molar-refractivity contribution in [3.8, 4) is 0 Å². The van der Waals surface area contributed by atoms with Crippen LogP contribution in [0.15, 0.2) is 22.7 Å². The van der Waals surface area contributed by atoms with Gasteiger partial charge in [-0.2, -0.15) is 0 Å². The molecule has 0 spiro atoms. The molecule has 4 heteroatoms. The molecule has 0 aromatic heterocycles. The third kappa shape index (κ3) is 3.45. The van der Waals surface area contributed by atoms with Gasteiger partial charge in [0, 0.05) is 24.8 Å². The van der Waals surface area contributed by atoms with E-state index in [1.54, 1.807) is 12.1 Å². The molecule has 2 nitrogen and oxygen atoms in total. The summed E-state index contributed by atoms with van der Waals surface area (Å²) in [6, 6.07) is 6.00. The molecule has 1 heterocycles. The van der Waals surface area contributed by atoms with Crippen LogP contribution in [-0.2, 0) is 0 Å². The van der Waals surface area contributed by atoms with Gasteiger partial charge in [0.2, 0.25) is 0 Å². The summed E-state index contributed by atoms with van der Waals surface area (Å²) in [6.07, 6.45) is 3.45. The van der Waals surface area contributed by atoms with Gasteiger partial charge in [-0.25, -0.2) is 4.39 Å². The first kappa shape index (κ1) is 13.8. The fourth-order valence-corrected chi connectivity index (χ4v) is 2.62. The Morgan fingerprint density at radius 2 is 2.11 bits per heavy atom. The predicted molar refractivity (Wildman–Crippen MR) is 77.6 cm³/mol. The number of nitrogens with one attached hydrogen (secondary N) is 1. The molecule has 0 amide bonds. The van der Waals surface area contributed by atoms with Crippen LogP contribution in [-0.4, -0.2) is 25.7 Å². The van der Waals surface area contributed by atoms with Crippen molar-refractivity contribution in [1.82, 2.24) is 5.32 Å². The van der Waals surface area contributed by atoms with Gasteiger partial charge in [-0.05, 0) is 59.9 Å². The molecule has 0 aliphatic carbocycles. The number of nitrogens with zero attached hydrogens (tertiary/aromatic N) is 1. The molecule has 0 saturated carbocycles. The Morgan fingerprint density at radius 1 is 1.39 bits per heavy atom. The third-order valence-corrected chi connectivity index (χ3v) is 4.09. The van der Waals surface area contributed by atoms with Gasteiger partial charge in [0.1, 0.15) is 5.82 Å².